The molecule has 0 bridgehead atoms. The Balaban J connectivity index is 1.67. The summed E-state index contributed by atoms with van der Waals surface area (Å²) >= 11 is 8.52. The molecule has 0 spiro atoms. The zero-order valence-electron chi connectivity index (χ0n) is 54.7. The van der Waals surface area contributed by atoms with Crippen LogP contribution in [-0.4, -0.2) is 211 Å². The van der Waals surface area contributed by atoms with Crippen LogP contribution in [0.1, 0.15) is 83.4 Å². The van der Waals surface area contributed by atoms with E-state index in [-0.39, 0.29) is 50.2 Å². The van der Waals surface area contributed by atoms with Crippen molar-refractivity contribution in [3.05, 3.63) is 102 Å². The molecule has 0 aliphatic heterocycles. The molecule has 1 heterocycles. The molecule has 0 fully saturated rings. The molecule has 3 aromatic carbocycles. The number of aliphatic carboxylic acids is 2. The van der Waals surface area contributed by atoms with Crippen molar-refractivity contribution in [2.24, 2.45) is 17.4 Å². The van der Waals surface area contributed by atoms with Crippen LogP contribution in [-0.2, 0) is 81.6 Å². The lowest BCUT2D eigenvalue weighted by Gasteiger charge is -2.29. The van der Waals surface area contributed by atoms with Gasteiger partial charge in [0.2, 0.25) is 65.0 Å². The zero-order valence-corrected chi connectivity index (χ0v) is 56.5. The largest absolute Gasteiger partial charge is 0.508 e. The number of aliphatic hydroxyl groups is 2. The van der Waals surface area contributed by atoms with E-state index < -0.39 is 187 Å². The second kappa shape index (κ2) is 40.4. The third-order valence-electron chi connectivity index (χ3n) is 15.4. The number of amides is 11. The van der Waals surface area contributed by atoms with E-state index in [2.05, 4.69) is 88.7 Å². The van der Waals surface area contributed by atoms with Crippen LogP contribution in [0.2, 0.25) is 0 Å². The monoisotopic (exact) mass is 1410 g/mol. The van der Waals surface area contributed by atoms with E-state index in [4.69, 9.17) is 11.5 Å². The number of thiol groups is 2. The van der Waals surface area contributed by atoms with E-state index in [1.54, 1.807) is 74.6 Å². The molecule has 0 radical (unpaired) electrons. The van der Waals surface area contributed by atoms with Gasteiger partial charge in [-0.05, 0) is 93.8 Å². The highest BCUT2D eigenvalue weighted by molar-refractivity contribution is 7.80. The number of nitrogens with two attached hydrogens (primary N) is 2. The maximum absolute atomic E-state index is 15.0. The van der Waals surface area contributed by atoms with Gasteiger partial charge >= 0.3 is 11.9 Å². The number of phenols is 1. The first-order chi connectivity index (χ1) is 46.4. The Kier molecular flexibility index (Phi) is 33.4. The van der Waals surface area contributed by atoms with Crippen LogP contribution >= 0.6 is 25.3 Å². The number of aromatic nitrogens is 1. The molecule has 0 saturated carbocycles. The maximum Gasteiger partial charge on any atom is 0.326 e. The number of carbonyl (C=O) groups is 13. The molecule has 11 amide bonds. The van der Waals surface area contributed by atoms with Crippen molar-refractivity contribution in [3.8, 4) is 5.75 Å². The van der Waals surface area contributed by atoms with Crippen molar-refractivity contribution in [1.29, 1.82) is 0 Å². The number of unbranched alkanes of at least 4 members (excludes halogenated alkanes) is 1. The summed E-state index contributed by atoms with van der Waals surface area (Å²) < 4.78 is 0. The number of nitrogens with one attached hydrogen (secondary N) is 12. The number of aromatic hydroxyl groups is 1. The van der Waals surface area contributed by atoms with Crippen LogP contribution in [0.15, 0.2) is 85.1 Å². The molecule has 32 nitrogen and oxygen atoms in total. The summed E-state index contributed by atoms with van der Waals surface area (Å²) in [5.74, 6) is -15.1. The quantitative estimate of drug-likeness (QED) is 0.0152. The number of carboxylic acid groups (broad SMARTS) is 2. The van der Waals surface area contributed by atoms with Gasteiger partial charge in [-0.3, -0.25) is 57.5 Å². The first-order valence-corrected chi connectivity index (χ1v) is 32.8. The summed E-state index contributed by atoms with van der Waals surface area (Å²) in [6, 6.07) is 4.02. The molecular weight excluding hydrogens is 1320 g/mol. The van der Waals surface area contributed by atoms with E-state index in [1.165, 1.54) is 31.2 Å². The molecule has 13 atom stereocenters. The number of carboxylic acids is 2. The summed E-state index contributed by atoms with van der Waals surface area (Å²) in [7, 11) is 0. The molecule has 1 aromatic heterocycles. The van der Waals surface area contributed by atoms with E-state index in [0.29, 0.717) is 34.0 Å². The molecule has 4 aromatic rings. The van der Waals surface area contributed by atoms with Gasteiger partial charge in [-0.25, -0.2) is 4.79 Å². The smallest absolute Gasteiger partial charge is 0.326 e. The van der Waals surface area contributed by atoms with E-state index in [9.17, 15) is 83.1 Å². The molecule has 4 rings (SSSR count). The summed E-state index contributed by atoms with van der Waals surface area (Å²) in [6.07, 6.45) is -3.31. The predicted molar refractivity (Wildman–Crippen MR) is 363 cm³/mol. The molecule has 34 heteroatoms. The van der Waals surface area contributed by atoms with Gasteiger partial charge in [0.25, 0.3) is 0 Å². The van der Waals surface area contributed by atoms with E-state index in [0.717, 1.165) is 13.8 Å². The van der Waals surface area contributed by atoms with Crippen LogP contribution in [0, 0.1) is 5.92 Å². The Morgan fingerprint density at radius 2 is 0.908 bits per heavy atom. The maximum atomic E-state index is 15.0. The fourth-order valence-corrected chi connectivity index (χ4v) is 10.3. The Labute approximate surface area is 576 Å². The van der Waals surface area contributed by atoms with Crippen LogP contribution < -0.4 is 70.0 Å². The molecule has 536 valence electrons. The number of phenolic OH excluding ortho intramolecular Hbond substituents is 1. The minimum atomic E-state index is -1.93. The van der Waals surface area contributed by atoms with E-state index in [1.807, 2.05) is 0 Å². The van der Waals surface area contributed by atoms with Crippen molar-refractivity contribution >= 4 is 113 Å². The van der Waals surface area contributed by atoms with Gasteiger partial charge in [0.1, 0.15) is 66.2 Å². The molecular formula is C64H90N14O18S2. The second-order valence-corrected chi connectivity index (χ2v) is 24.5. The predicted octanol–water partition coefficient (Wildman–Crippen LogP) is -3.43. The van der Waals surface area contributed by atoms with Gasteiger partial charge in [-0.15, -0.1) is 0 Å². The number of hydrogen-bond donors (Lipinski definition) is 21. The topological polar surface area (TPSA) is 523 Å². The molecule has 0 aliphatic carbocycles. The fourth-order valence-electron chi connectivity index (χ4n) is 9.82. The first kappa shape index (κ1) is 81.1. The van der Waals surface area contributed by atoms with Gasteiger partial charge in [0, 0.05) is 54.3 Å². The average Bonchev–Trinajstić information content (AvgIpc) is 1.61. The third kappa shape index (κ3) is 26.2. The van der Waals surface area contributed by atoms with Gasteiger partial charge in [-0.1, -0.05) is 74.5 Å². The zero-order chi connectivity index (χ0) is 72.9. The van der Waals surface area contributed by atoms with Crippen molar-refractivity contribution in [3.63, 3.8) is 0 Å². The number of benzene rings is 3. The highest BCUT2D eigenvalue weighted by Gasteiger charge is 2.38. The van der Waals surface area contributed by atoms with Gasteiger partial charge in [0.05, 0.1) is 24.8 Å². The number of hydrogen-bond acceptors (Lipinski definition) is 20. The normalized spacial score (nSPS) is 15.2. The summed E-state index contributed by atoms with van der Waals surface area (Å²) in [6.45, 7) is 6.20. The SMILES string of the molecule is CC(C)[C@H](NC(=O)[C@H](CS)NC(=O)[C@H](Cc1ccc(O)cc1)NC(=O)[C@H](CCCCN)NC(=O)[C@H](Cc1c[nH]c2ccccc12)NC(=O)[C@H](Cc1ccccc1)NC(=O)[C@H](CS)NC(=O)[C@H](CCC(=O)O)NC(=O)[C@@H](NC(=O)[C@@H](NC(=O)CNC(=O)[C@H](C)N)[C@@H](C)O)[C@@H](C)O)C(=O)O. The van der Waals surface area contributed by atoms with Crippen molar-refractivity contribution in [1.82, 2.24) is 63.5 Å². The van der Waals surface area contributed by atoms with Gasteiger partial charge in [-0.2, -0.15) is 25.3 Å². The molecule has 0 saturated heterocycles. The Hall–Kier alpha value is -9.35. The van der Waals surface area contributed by atoms with Gasteiger partial charge in [0.15, 0.2) is 0 Å². The number of fused-ring (bicyclic) bond motifs is 1. The van der Waals surface area contributed by atoms with Crippen LogP contribution in [0.5, 0.6) is 5.75 Å². The molecule has 21 N–H and O–H groups in total. The second-order valence-electron chi connectivity index (χ2n) is 23.7. The van der Waals surface area contributed by atoms with Crippen molar-refractivity contribution in [2.75, 3.05) is 24.6 Å². The summed E-state index contributed by atoms with van der Waals surface area (Å²) in [4.78, 5) is 180. The third-order valence-corrected chi connectivity index (χ3v) is 16.1. The molecule has 0 aliphatic rings. The minimum Gasteiger partial charge on any atom is -0.508 e. The number of aliphatic hydroxyl groups excluding tert-OH is 2. The van der Waals surface area contributed by atoms with E-state index >= 15 is 4.79 Å². The summed E-state index contributed by atoms with van der Waals surface area (Å²) in [5.41, 5.74) is 13.5. The highest BCUT2D eigenvalue weighted by Crippen LogP contribution is 2.21. The standard InChI is InChI=1S/C64H90N14O18S2/c1-32(2)51(64(95)96)77-61(92)48(31-98)75-58(89)45(26-37-18-20-39(81)21-19-37)71-55(86)42(17-11-12-24-65)69-59(90)46(27-38-28-67-41-16-10-9-15-40(38)41)73-57(88)44(25-36-13-7-6-8-14-36)72-60(91)47(30-97)74-56(87)43(22-23-50(83)84)70-62(93)53(35(5)80)78-63(94)52(34(4)79)76-49(82)29-68-54(85)33(3)66/h6-10,13-16,18-21,28,32-35,42-48,51-53,67,79-81,97-98H,11-12,17,22-27,29-31,65-66H2,1-5H3,(H,68,85)(H,69,90)(H,70,93)(H,71,86)(H,72,91)(H,73,88)(H,74,87)(H,75,89)(H,76,82)(H,77,92)(H,78,94)(H,83,84)(H,95,96)/t33-,34+,35+,42-,43-,44-,45-,46-,47-,48-,51-,52-,53-/m0/s1. The highest BCUT2D eigenvalue weighted by atomic mass is 32.1. The number of H-pyrrole nitrogens is 1. The Morgan fingerprint density at radius 1 is 0.480 bits per heavy atom. The lowest BCUT2D eigenvalue weighted by Crippen LogP contribution is -2.63. The minimum absolute atomic E-state index is 0.0727. The molecule has 0 unspecified atom stereocenters. The Morgan fingerprint density at radius 3 is 1.41 bits per heavy atom. The van der Waals surface area contributed by atoms with Gasteiger partial charge < -0.3 is 100 Å². The lowest BCUT2D eigenvalue weighted by molar-refractivity contribution is -0.143. The van der Waals surface area contributed by atoms with Crippen LogP contribution in [0.25, 0.3) is 10.9 Å². The number of para-hydroxylation sites is 1. The summed E-state index contributed by atoms with van der Waals surface area (Å²) in [5, 5.41) is 78.2. The first-order valence-electron chi connectivity index (χ1n) is 31.5. The van der Waals surface area contributed by atoms with Crippen molar-refractivity contribution < 1.29 is 87.9 Å². The van der Waals surface area contributed by atoms with Crippen molar-refractivity contribution in [2.45, 2.75) is 165 Å². The molecule has 98 heavy (non-hydrogen) atoms. The fraction of sp³-hybridized carbons (Fsp3) is 0.484. The van der Waals surface area contributed by atoms with Crippen LogP contribution in [0.3, 0.4) is 0 Å². The number of carbonyl (C=O) groups excluding carboxylic acids is 11. The number of rotatable bonds is 41. The Bertz CT molecular complexity index is 3400. The lowest BCUT2D eigenvalue weighted by atomic mass is 10.0. The van der Waals surface area contributed by atoms with Crippen LogP contribution in [0.4, 0.5) is 0 Å². The average molecular weight is 1410 g/mol. The number of aromatic amines is 1.